The summed E-state index contributed by atoms with van der Waals surface area (Å²) in [7, 11) is -3.25. The van der Waals surface area contributed by atoms with Crippen molar-refractivity contribution in [2.45, 2.75) is 23.8 Å². The molecule has 7 nitrogen and oxygen atoms in total. The molecule has 0 spiro atoms. The first-order chi connectivity index (χ1) is 11.4. The standard InChI is InChI=1S/C16H18N2O5S/c1-24(20,21)13-6-4-11(5-7-13)15-9-14(18-23-15)16(19)17-10-12-3-2-8-22-12/h4-7,9,12H,2-3,8,10H2,1H3,(H,17,19). The first-order valence-electron chi connectivity index (χ1n) is 7.60. The Bertz CT molecular complexity index is 820. The van der Waals surface area contributed by atoms with E-state index in [2.05, 4.69) is 10.5 Å². The van der Waals surface area contributed by atoms with Crippen molar-refractivity contribution in [2.24, 2.45) is 0 Å². The molecule has 0 bridgehead atoms. The molecule has 3 rings (SSSR count). The van der Waals surface area contributed by atoms with Crippen LogP contribution in [0.1, 0.15) is 23.3 Å². The highest BCUT2D eigenvalue weighted by molar-refractivity contribution is 7.90. The predicted molar refractivity (Wildman–Crippen MR) is 86.4 cm³/mol. The van der Waals surface area contributed by atoms with Crippen molar-refractivity contribution >= 4 is 15.7 Å². The predicted octanol–water partition coefficient (Wildman–Crippen LogP) is 1.65. The number of hydrogen-bond donors (Lipinski definition) is 1. The van der Waals surface area contributed by atoms with E-state index in [4.69, 9.17) is 9.26 Å². The Hall–Kier alpha value is -2.19. The zero-order valence-electron chi connectivity index (χ0n) is 13.2. The molecule has 2 heterocycles. The second-order valence-corrected chi connectivity index (χ2v) is 7.73. The Morgan fingerprint density at radius 1 is 1.33 bits per heavy atom. The van der Waals surface area contributed by atoms with E-state index in [1.54, 1.807) is 12.1 Å². The Morgan fingerprint density at radius 2 is 2.08 bits per heavy atom. The number of amides is 1. The number of carbonyl (C=O) groups is 1. The van der Waals surface area contributed by atoms with Crippen LogP contribution in [0, 0.1) is 0 Å². The van der Waals surface area contributed by atoms with E-state index in [-0.39, 0.29) is 22.6 Å². The van der Waals surface area contributed by atoms with Gasteiger partial charge in [0.1, 0.15) is 0 Å². The SMILES string of the molecule is CS(=O)(=O)c1ccc(-c2cc(C(=O)NCC3CCCO3)no2)cc1. The van der Waals surface area contributed by atoms with Gasteiger partial charge in [-0.1, -0.05) is 5.16 Å². The first kappa shape index (κ1) is 16.7. The highest BCUT2D eigenvalue weighted by Gasteiger charge is 2.19. The maximum atomic E-state index is 12.1. The van der Waals surface area contributed by atoms with Gasteiger partial charge in [0.15, 0.2) is 21.3 Å². The van der Waals surface area contributed by atoms with E-state index < -0.39 is 9.84 Å². The fourth-order valence-electron chi connectivity index (χ4n) is 2.49. The van der Waals surface area contributed by atoms with E-state index in [9.17, 15) is 13.2 Å². The average molecular weight is 350 g/mol. The molecular formula is C16H18N2O5S. The van der Waals surface area contributed by atoms with Gasteiger partial charge < -0.3 is 14.6 Å². The lowest BCUT2D eigenvalue weighted by molar-refractivity contribution is 0.0850. The molecule has 1 aromatic heterocycles. The van der Waals surface area contributed by atoms with Gasteiger partial charge in [-0.3, -0.25) is 4.79 Å². The van der Waals surface area contributed by atoms with Crippen molar-refractivity contribution in [2.75, 3.05) is 19.4 Å². The van der Waals surface area contributed by atoms with Crippen LogP contribution in [-0.2, 0) is 14.6 Å². The molecule has 1 amide bonds. The Morgan fingerprint density at radius 3 is 2.71 bits per heavy atom. The lowest BCUT2D eigenvalue weighted by Crippen LogP contribution is -2.31. The van der Waals surface area contributed by atoms with Crippen LogP contribution in [0.5, 0.6) is 0 Å². The topological polar surface area (TPSA) is 98.5 Å². The van der Waals surface area contributed by atoms with Crippen LogP contribution < -0.4 is 5.32 Å². The van der Waals surface area contributed by atoms with Crippen LogP contribution in [0.25, 0.3) is 11.3 Å². The molecule has 0 radical (unpaired) electrons. The van der Waals surface area contributed by atoms with Crippen molar-refractivity contribution < 1.29 is 22.5 Å². The van der Waals surface area contributed by atoms with Crippen molar-refractivity contribution in [1.82, 2.24) is 10.5 Å². The third-order valence-corrected chi connectivity index (χ3v) is 4.95. The van der Waals surface area contributed by atoms with E-state index >= 15 is 0 Å². The van der Waals surface area contributed by atoms with Gasteiger partial charge in [-0.2, -0.15) is 0 Å². The van der Waals surface area contributed by atoms with Crippen LogP contribution in [0.2, 0.25) is 0 Å². The second kappa shape index (κ2) is 6.74. The minimum Gasteiger partial charge on any atom is -0.376 e. The molecule has 1 aromatic carbocycles. The van der Waals surface area contributed by atoms with Gasteiger partial charge in [-0.05, 0) is 37.1 Å². The largest absolute Gasteiger partial charge is 0.376 e. The quantitative estimate of drug-likeness (QED) is 0.880. The number of nitrogens with one attached hydrogen (secondary N) is 1. The number of rotatable bonds is 5. The van der Waals surface area contributed by atoms with Gasteiger partial charge in [0.2, 0.25) is 0 Å². The minimum atomic E-state index is -3.25. The van der Waals surface area contributed by atoms with E-state index in [1.807, 2.05) is 0 Å². The van der Waals surface area contributed by atoms with Crippen LogP contribution in [0.15, 0.2) is 39.8 Å². The van der Waals surface area contributed by atoms with E-state index in [0.717, 1.165) is 25.7 Å². The van der Waals surface area contributed by atoms with E-state index in [0.29, 0.717) is 17.9 Å². The number of benzene rings is 1. The third-order valence-electron chi connectivity index (χ3n) is 3.82. The summed E-state index contributed by atoms with van der Waals surface area (Å²) in [6.45, 7) is 1.18. The van der Waals surface area contributed by atoms with Crippen LogP contribution in [-0.4, -0.2) is 45.0 Å². The summed E-state index contributed by atoms with van der Waals surface area (Å²) in [5.41, 5.74) is 0.822. The molecule has 1 atom stereocenters. The summed E-state index contributed by atoms with van der Waals surface area (Å²) in [6, 6.07) is 7.74. The van der Waals surface area contributed by atoms with Crippen molar-refractivity contribution in [3.05, 3.63) is 36.0 Å². The number of ether oxygens (including phenoxy) is 1. The number of nitrogens with zero attached hydrogens (tertiary/aromatic N) is 1. The maximum Gasteiger partial charge on any atom is 0.273 e. The summed E-state index contributed by atoms with van der Waals surface area (Å²) in [5.74, 6) is 0.0746. The molecule has 128 valence electrons. The van der Waals surface area contributed by atoms with Crippen molar-refractivity contribution in [1.29, 1.82) is 0 Å². The molecule has 1 fully saturated rings. The Kier molecular flexibility index (Phi) is 4.68. The molecule has 24 heavy (non-hydrogen) atoms. The molecule has 0 saturated carbocycles. The van der Waals surface area contributed by atoms with Gasteiger partial charge in [0.05, 0.1) is 11.0 Å². The molecule has 1 saturated heterocycles. The van der Waals surface area contributed by atoms with Crippen LogP contribution in [0.3, 0.4) is 0 Å². The summed E-state index contributed by atoms with van der Waals surface area (Å²) in [6.07, 6.45) is 3.16. The summed E-state index contributed by atoms with van der Waals surface area (Å²) < 4.78 is 33.5. The van der Waals surface area contributed by atoms with Gasteiger partial charge >= 0.3 is 0 Å². The second-order valence-electron chi connectivity index (χ2n) is 5.72. The summed E-state index contributed by atoms with van der Waals surface area (Å²) in [5, 5.41) is 6.53. The lowest BCUT2D eigenvalue weighted by atomic mass is 10.1. The normalized spacial score (nSPS) is 17.8. The maximum absolute atomic E-state index is 12.1. The number of carbonyl (C=O) groups excluding carboxylic acids is 1. The molecule has 0 aliphatic carbocycles. The van der Waals surface area contributed by atoms with Gasteiger partial charge in [-0.15, -0.1) is 0 Å². The molecule has 1 N–H and O–H groups in total. The zero-order valence-corrected chi connectivity index (χ0v) is 14.0. The third kappa shape index (κ3) is 3.82. The monoisotopic (exact) mass is 350 g/mol. The molecule has 2 aromatic rings. The van der Waals surface area contributed by atoms with E-state index in [1.165, 1.54) is 18.2 Å². The fourth-order valence-corrected chi connectivity index (χ4v) is 3.12. The fraction of sp³-hybridized carbons (Fsp3) is 0.375. The Labute approximate surface area is 139 Å². The molecule has 1 aliphatic rings. The average Bonchev–Trinajstić information content (AvgIpc) is 3.23. The highest BCUT2D eigenvalue weighted by atomic mass is 32.2. The number of sulfone groups is 1. The van der Waals surface area contributed by atoms with Gasteiger partial charge in [0.25, 0.3) is 5.91 Å². The summed E-state index contributed by atoms with van der Waals surface area (Å²) in [4.78, 5) is 12.3. The first-order valence-corrected chi connectivity index (χ1v) is 9.49. The van der Waals surface area contributed by atoms with Crippen LogP contribution in [0.4, 0.5) is 0 Å². The summed E-state index contributed by atoms with van der Waals surface area (Å²) >= 11 is 0. The molecule has 1 aliphatic heterocycles. The Balaban J connectivity index is 1.67. The van der Waals surface area contributed by atoms with Gasteiger partial charge in [-0.25, -0.2) is 8.42 Å². The molecule has 1 unspecified atom stereocenters. The smallest absolute Gasteiger partial charge is 0.273 e. The minimum absolute atomic E-state index is 0.0591. The zero-order chi connectivity index (χ0) is 17.2. The lowest BCUT2D eigenvalue weighted by Gasteiger charge is -2.09. The molecular weight excluding hydrogens is 332 g/mol. The van der Waals surface area contributed by atoms with Crippen molar-refractivity contribution in [3.63, 3.8) is 0 Å². The molecule has 8 heteroatoms. The number of aromatic nitrogens is 1. The number of hydrogen-bond acceptors (Lipinski definition) is 6. The highest BCUT2D eigenvalue weighted by Crippen LogP contribution is 2.22. The van der Waals surface area contributed by atoms with Crippen molar-refractivity contribution in [3.8, 4) is 11.3 Å². The van der Waals surface area contributed by atoms with Gasteiger partial charge in [0, 0.05) is 31.0 Å². The van der Waals surface area contributed by atoms with Crippen LogP contribution >= 0.6 is 0 Å².